The number of aryl methyl sites for hydroxylation is 1. The van der Waals surface area contributed by atoms with Crippen LogP contribution in [-0.4, -0.2) is 47.0 Å². The number of likely N-dealkylation sites (tertiary alicyclic amines) is 1. The molecule has 0 aromatic carbocycles. The van der Waals surface area contributed by atoms with Gasteiger partial charge in [-0.25, -0.2) is 0 Å². The molecular weight excluding hydrogens is 346 g/mol. The summed E-state index contributed by atoms with van der Waals surface area (Å²) in [5, 5.41) is 2.86. The van der Waals surface area contributed by atoms with Gasteiger partial charge in [0.05, 0.1) is 18.9 Å². The molecule has 3 atom stereocenters. The Morgan fingerprint density at radius 1 is 1.30 bits per heavy atom. The number of rotatable bonds is 6. The molecule has 0 saturated carbocycles. The quantitative estimate of drug-likeness (QED) is 0.811. The van der Waals surface area contributed by atoms with Crippen LogP contribution in [0, 0.1) is 5.92 Å². The van der Waals surface area contributed by atoms with Gasteiger partial charge in [0.15, 0.2) is 0 Å². The van der Waals surface area contributed by atoms with Gasteiger partial charge in [-0.15, -0.1) is 0 Å². The largest absolute Gasteiger partial charge is 0.467 e. The van der Waals surface area contributed by atoms with Crippen molar-refractivity contribution in [2.45, 2.75) is 44.4 Å². The van der Waals surface area contributed by atoms with Crippen molar-refractivity contribution in [1.29, 1.82) is 0 Å². The molecule has 0 aliphatic carbocycles. The number of piperidine rings is 1. The van der Waals surface area contributed by atoms with Crippen LogP contribution < -0.4 is 5.32 Å². The second-order valence-corrected chi connectivity index (χ2v) is 7.28. The molecule has 0 bridgehead atoms. The summed E-state index contributed by atoms with van der Waals surface area (Å²) in [5.74, 6) is 1.11. The van der Waals surface area contributed by atoms with Crippen LogP contribution >= 0.6 is 0 Å². The van der Waals surface area contributed by atoms with Crippen molar-refractivity contribution < 1.29 is 18.7 Å². The van der Waals surface area contributed by atoms with E-state index in [-0.39, 0.29) is 17.9 Å². The predicted octanol–water partition coefficient (Wildman–Crippen LogP) is 1.86. The topological polar surface area (TPSA) is 87.6 Å². The van der Waals surface area contributed by atoms with Crippen molar-refractivity contribution in [2.75, 3.05) is 13.1 Å². The van der Waals surface area contributed by atoms with Crippen molar-refractivity contribution in [3.05, 3.63) is 48.2 Å². The van der Waals surface area contributed by atoms with Gasteiger partial charge in [-0.1, -0.05) is 0 Å². The fourth-order valence-corrected chi connectivity index (χ4v) is 3.95. The van der Waals surface area contributed by atoms with Crippen LogP contribution in [0.4, 0.5) is 0 Å². The second-order valence-electron chi connectivity index (χ2n) is 7.28. The number of H-pyrrole nitrogens is 1. The Labute approximate surface area is 158 Å². The minimum absolute atomic E-state index is 0.0486. The number of nitrogens with one attached hydrogen (secondary N) is 2. The summed E-state index contributed by atoms with van der Waals surface area (Å²) in [7, 11) is 0. The Hall–Kier alpha value is -2.54. The lowest BCUT2D eigenvalue weighted by molar-refractivity contribution is -0.138. The number of fused-ring (bicyclic) bond motifs is 1. The minimum atomic E-state index is -0.441. The molecule has 2 aliphatic heterocycles. The van der Waals surface area contributed by atoms with Crippen LogP contribution in [-0.2, 0) is 27.3 Å². The van der Waals surface area contributed by atoms with Crippen molar-refractivity contribution in [3.63, 3.8) is 0 Å². The lowest BCUT2D eigenvalue weighted by Crippen LogP contribution is -2.45. The number of ether oxygens (including phenoxy) is 1. The van der Waals surface area contributed by atoms with E-state index in [4.69, 9.17) is 9.15 Å². The van der Waals surface area contributed by atoms with Crippen molar-refractivity contribution in [1.82, 2.24) is 15.2 Å². The lowest BCUT2D eigenvalue weighted by Gasteiger charge is -2.34. The van der Waals surface area contributed by atoms with Gasteiger partial charge < -0.3 is 24.4 Å². The summed E-state index contributed by atoms with van der Waals surface area (Å²) in [6.45, 7) is 1.69. The number of carbonyl (C=O) groups is 2. The molecule has 144 valence electrons. The number of amides is 2. The molecule has 4 heterocycles. The first-order valence-corrected chi connectivity index (χ1v) is 9.54. The molecule has 2 fully saturated rings. The van der Waals surface area contributed by atoms with Gasteiger partial charge in [-0.05, 0) is 49.4 Å². The van der Waals surface area contributed by atoms with Crippen LogP contribution in [0.15, 0.2) is 41.1 Å². The minimum Gasteiger partial charge on any atom is -0.467 e. The van der Waals surface area contributed by atoms with E-state index in [1.54, 1.807) is 12.3 Å². The van der Waals surface area contributed by atoms with Gasteiger partial charge in [-0.3, -0.25) is 9.59 Å². The molecule has 2 aromatic rings. The zero-order valence-corrected chi connectivity index (χ0v) is 15.2. The molecule has 2 amide bonds. The zero-order chi connectivity index (χ0) is 18.6. The van der Waals surface area contributed by atoms with Crippen LogP contribution in [0.5, 0.6) is 0 Å². The van der Waals surface area contributed by atoms with E-state index in [0.717, 1.165) is 37.3 Å². The maximum atomic E-state index is 12.5. The molecule has 0 spiro atoms. The number of hydrogen-bond acceptors (Lipinski definition) is 4. The number of hydrogen-bond donors (Lipinski definition) is 2. The summed E-state index contributed by atoms with van der Waals surface area (Å²) in [6.07, 6.45) is 5.79. The van der Waals surface area contributed by atoms with Gasteiger partial charge in [-0.2, -0.15) is 0 Å². The zero-order valence-electron chi connectivity index (χ0n) is 15.2. The van der Waals surface area contributed by atoms with E-state index in [2.05, 4.69) is 10.3 Å². The van der Waals surface area contributed by atoms with Crippen molar-refractivity contribution >= 4 is 11.8 Å². The maximum absolute atomic E-state index is 12.5. The predicted molar refractivity (Wildman–Crippen MR) is 97.6 cm³/mol. The molecule has 0 radical (unpaired) electrons. The molecular formula is C20H25N3O4. The average molecular weight is 371 g/mol. The number of furan rings is 1. The number of carbonyl (C=O) groups excluding carboxylic acids is 2. The van der Waals surface area contributed by atoms with Gasteiger partial charge in [0.25, 0.3) is 0 Å². The normalized spacial score (nSPS) is 24.6. The molecule has 7 heteroatoms. The summed E-state index contributed by atoms with van der Waals surface area (Å²) >= 11 is 0. The molecule has 0 unspecified atom stereocenters. The molecule has 2 aliphatic rings. The molecule has 2 aromatic heterocycles. The summed E-state index contributed by atoms with van der Waals surface area (Å²) in [5.41, 5.74) is 1.07. The molecule has 2 N–H and O–H groups in total. The third kappa shape index (κ3) is 4.24. The third-order valence-corrected chi connectivity index (χ3v) is 5.48. The van der Waals surface area contributed by atoms with E-state index in [1.807, 2.05) is 29.3 Å². The van der Waals surface area contributed by atoms with Gasteiger partial charge in [0, 0.05) is 31.4 Å². The number of aromatic amines is 1. The Morgan fingerprint density at radius 3 is 3.00 bits per heavy atom. The first-order chi connectivity index (χ1) is 13.2. The Bertz CT molecular complexity index is 708. The fraction of sp³-hybridized carbons (Fsp3) is 0.500. The van der Waals surface area contributed by atoms with Crippen LogP contribution in [0.25, 0.3) is 0 Å². The van der Waals surface area contributed by atoms with Crippen LogP contribution in [0.2, 0.25) is 0 Å². The van der Waals surface area contributed by atoms with E-state index in [1.165, 1.54) is 0 Å². The molecule has 7 nitrogen and oxygen atoms in total. The first kappa shape index (κ1) is 17.9. The smallest absolute Gasteiger partial charge is 0.249 e. The van der Waals surface area contributed by atoms with Gasteiger partial charge in [0.1, 0.15) is 11.9 Å². The van der Waals surface area contributed by atoms with E-state index >= 15 is 0 Å². The highest BCUT2D eigenvalue weighted by Crippen LogP contribution is 2.33. The Morgan fingerprint density at radius 2 is 2.22 bits per heavy atom. The van der Waals surface area contributed by atoms with E-state index < -0.39 is 6.10 Å². The SMILES string of the molecule is O=C(NCc1ccco1)[C@@H]1C[C@H]2CCN(C(=O)CCc3ccc[nH]3)C[C@@H]2O1. The van der Waals surface area contributed by atoms with Crippen molar-refractivity contribution in [3.8, 4) is 0 Å². The lowest BCUT2D eigenvalue weighted by atomic mass is 9.91. The second kappa shape index (κ2) is 8.00. The monoisotopic (exact) mass is 371 g/mol. The molecule has 27 heavy (non-hydrogen) atoms. The molecule has 4 rings (SSSR count). The van der Waals surface area contributed by atoms with Crippen LogP contribution in [0.3, 0.4) is 0 Å². The van der Waals surface area contributed by atoms with Crippen LogP contribution in [0.1, 0.15) is 30.7 Å². The maximum Gasteiger partial charge on any atom is 0.249 e. The summed E-state index contributed by atoms with van der Waals surface area (Å²) in [6, 6.07) is 7.55. The van der Waals surface area contributed by atoms with Gasteiger partial charge in [0.2, 0.25) is 11.8 Å². The van der Waals surface area contributed by atoms with E-state index in [0.29, 0.717) is 25.4 Å². The highest BCUT2D eigenvalue weighted by Gasteiger charge is 2.42. The van der Waals surface area contributed by atoms with E-state index in [9.17, 15) is 9.59 Å². The highest BCUT2D eigenvalue weighted by molar-refractivity contribution is 5.81. The number of nitrogens with zero attached hydrogens (tertiary/aromatic N) is 1. The van der Waals surface area contributed by atoms with Gasteiger partial charge >= 0.3 is 0 Å². The Kier molecular flexibility index (Phi) is 5.29. The average Bonchev–Trinajstić information content (AvgIpc) is 3.44. The Balaban J connectivity index is 1.25. The molecule has 2 saturated heterocycles. The first-order valence-electron chi connectivity index (χ1n) is 9.54. The fourth-order valence-electron chi connectivity index (χ4n) is 3.95. The summed E-state index contributed by atoms with van der Waals surface area (Å²) < 4.78 is 11.2. The standard InChI is InChI=1S/C20H25N3O4/c24-19(6-5-15-3-1-8-21-15)23-9-7-14-11-17(27-18(14)13-23)20(25)22-12-16-4-2-10-26-16/h1-4,8,10,14,17-18,21H,5-7,9,11-13H2,(H,22,25)/t14-,17+,18+/m1/s1. The summed E-state index contributed by atoms with van der Waals surface area (Å²) in [4.78, 5) is 29.9. The highest BCUT2D eigenvalue weighted by atomic mass is 16.5. The third-order valence-electron chi connectivity index (χ3n) is 5.48. The number of aromatic nitrogens is 1. The van der Waals surface area contributed by atoms with Crippen molar-refractivity contribution in [2.24, 2.45) is 5.92 Å².